The van der Waals surface area contributed by atoms with E-state index in [1.807, 2.05) is 42.5 Å². The molecule has 14 heavy (non-hydrogen) atoms. The third-order valence-electron chi connectivity index (χ3n) is 2.25. The van der Waals surface area contributed by atoms with Crippen molar-refractivity contribution in [1.82, 2.24) is 0 Å². The summed E-state index contributed by atoms with van der Waals surface area (Å²) >= 11 is 0. The summed E-state index contributed by atoms with van der Waals surface area (Å²) in [7, 11) is 0. The number of carbonyl (C=O) groups is 1. The third kappa shape index (κ3) is 2.22. The van der Waals surface area contributed by atoms with Crippen LogP contribution in [0.2, 0.25) is 0 Å². The lowest BCUT2D eigenvalue weighted by atomic mass is 10.1. The first-order valence-electron chi connectivity index (χ1n) is 4.73. The van der Waals surface area contributed by atoms with Crippen LogP contribution in [0.5, 0.6) is 0 Å². The van der Waals surface area contributed by atoms with E-state index >= 15 is 0 Å². The molecule has 0 unspecified atom stereocenters. The summed E-state index contributed by atoms with van der Waals surface area (Å²) in [5, 5.41) is 0. The van der Waals surface area contributed by atoms with E-state index in [0.717, 1.165) is 5.56 Å². The summed E-state index contributed by atoms with van der Waals surface area (Å²) in [5.41, 5.74) is 1.16. The van der Waals surface area contributed by atoms with Gasteiger partial charge in [-0.3, -0.25) is 4.79 Å². The highest BCUT2D eigenvalue weighted by Crippen LogP contribution is 2.16. The van der Waals surface area contributed by atoms with E-state index in [2.05, 4.69) is 0 Å². The number of esters is 1. The second-order valence-electron chi connectivity index (χ2n) is 3.42. The van der Waals surface area contributed by atoms with Crippen molar-refractivity contribution in [1.29, 1.82) is 0 Å². The molecule has 0 spiro atoms. The number of carbonyl (C=O) groups excluding carboxylic acids is 1. The number of ether oxygens (including phenoxy) is 1. The molecule has 1 aromatic rings. The van der Waals surface area contributed by atoms with Crippen molar-refractivity contribution in [2.45, 2.75) is 6.42 Å². The molecular weight excluding hydrogens is 176 g/mol. The van der Waals surface area contributed by atoms with Crippen molar-refractivity contribution in [3.8, 4) is 0 Å². The minimum Gasteiger partial charge on any atom is -0.465 e. The topological polar surface area (TPSA) is 26.3 Å². The quantitative estimate of drug-likeness (QED) is 0.665. The molecule has 0 N–H and O–H groups in total. The highest BCUT2D eigenvalue weighted by atomic mass is 16.5. The first kappa shape index (κ1) is 9.00. The van der Waals surface area contributed by atoms with Crippen molar-refractivity contribution in [2.24, 2.45) is 5.92 Å². The zero-order valence-corrected chi connectivity index (χ0v) is 7.85. The van der Waals surface area contributed by atoms with Gasteiger partial charge in [0.05, 0.1) is 13.0 Å². The molecule has 2 heteroatoms. The van der Waals surface area contributed by atoms with Gasteiger partial charge >= 0.3 is 5.97 Å². The van der Waals surface area contributed by atoms with Crippen molar-refractivity contribution in [3.05, 3.63) is 42.0 Å². The number of cyclic esters (lactones) is 1. The summed E-state index contributed by atoms with van der Waals surface area (Å²) in [6, 6.07) is 10.0. The van der Waals surface area contributed by atoms with Gasteiger partial charge < -0.3 is 4.74 Å². The zero-order chi connectivity index (χ0) is 9.80. The second kappa shape index (κ2) is 4.09. The Morgan fingerprint density at radius 1 is 1.29 bits per heavy atom. The van der Waals surface area contributed by atoms with E-state index < -0.39 is 0 Å². The Labute approximate surface area is 83.2 Å². The molecule has 1 aliphatic rings. The van der Waals surface area contributed by atoms with Gasteiger partial charge in [-0.25, -0.2) is 0 Å². The summed E-state index contributed by atoms with van der Waals surface area (Å²) < 4.78 is 4.86. The maximum atomic E-state index is 10.8. The summed E-state index contributed by atoms with van der Waals surface area (Å²) in [5.74, 6) is 0.162. The van der Waals surface area contributed by atoms with Gasteiger partial charge in [0, 0.05) is 5.92 Å². The largest absolute Gasteiger partial charge is 0.465 e. The number of benzene rings is 1. The van der Waals surface area contributed by atoms with Crippen LogP contribution in [0.4, 0.5) is 0 Å². The highest BCUT2D eigenvalue weighted by molar-refractivity contribution is 5.72. The van der Waals surface area contributed by atoms with Crippen molar-refractivity contribution in [3.63, 3.8) is 0 Å². The third-order valence-corrected chi connectivity index (χ3v) is 2.25. The molecule has 1 atom stereocenters. The SMILES string of the molecule is O=C1C[C@H](/C=C/c2ccccc2)CO1. The minimum atomic E-state index is -0.0901. The predicted molar refractivity (Wildman–Crippen MR) is 54.5 cm³/mol. The fourth-order valence-corrected chi connectivity index (χ4v) is 1.47. The molecule has 1 heterocycles. The van der Waals surface area contributed by atoms with E-state index in [1.54, 1.807) is 0 Å². The van der Waals surface area contributed by atoms with Crippen LogP contribution < -0.4 is 0 Å². The molecule has 2 nitrogen and oxygen atoms in total. The lowest BCUT2D eigenvalue weighted by molar-refractivity contribution is -0.137. The molecular formula is C12H12O2. The summed E-state index contributed by atoms with van der Waals surface area (Å²) in [4.78, 5) is 10.8. The maximum Gasteiger partial charge on any atom is 0.306 e. The predicted octanol–water partition coefficient (Wildman–Crippen LogP) is 2.26. The lowest BCUT2D eigenvalue weighted by Crippen LogP contribution is -1.92. The molecule has 0 bridgehead atoms. The molecule has 1 fully saturated rings. The molecule has 0 aromatic heterocycles. The van der Waals surface area contributed by atoms with Crippen LogP contribution in [-0.2, 0) is 9.53 Å². The average Bonchev–Trinajstić information content (AvgIpc) is 2.63. The van der Waals surface area contributed by atoms with E-state index in [1.165, 1.54) is 0 Å². The van der Waals surface area contributed by atoms with Crippen LogP contribution >= 0.6 is 0 Å². The Morgan fingerprint density at radius 3 is 2.71 bits per heavy atom. The van der Waals surface area contributed by atoms with Gasteiger partial charge in [0.15, 0.2) is 0 Å². The normalized spacial score (nSPS) is 21.4. The Kier molecular flexibility index (Phi) is 2.63. The minimum absolute atomic E-state index is 0.0901. The Bertz CT molecular complexity index is 341. The Morgan fingerprint density at radius 2 is 2.07 bits per heavy atom. The molecule has 0 saturated carbocycles. The van der Waals surface area contributed by atoms with E-state index in [9.17, 15) is 4.79 Å². The van der Waals surface area contributed by atoms with E-state index in [-0.39, 0.29) is 11.9 Å². The zero-order valence-electron chi connectivity index (χ0n) is 7.85. The summed E-state index contributed by atoms with van der Waals surface area (Å²) in [6.07, 6.45) is 4.59. The van der Waals surface area contributed by atoms with Crippen LogP contribution in [0.25, 0.3) is 6.08 Å². The van der Waals surface area contributed by atoms with Crippen molar-refractivity contribution in [2.75, 3.05) is 6.61 Å². The fraction of sp³-hybridized carbons (Fsp3) is 0.250. The number of rotatable bonds is 2. The standard InChI is InChI=1S/C12H12O2/c13-12-8-11(9-14-12)7-6-10-4-2-1-3-5-10/h1-7,11H,8-9H2/b7-6+/t11-/m0/s1. The van der Waals surface area contributed by atoms with Gasteiger partial charge in [0.1, 0.15) is 0 Å². The van der Waals surface area contributed by atoms with Crippen LogP contribution in [0, 0.1) is 5.92 Å². The number of hydrogen-bond donors (Lipinski definition) is 0. The molecule has 1 aromatic carbocycles. The Balaban J connectivity index is 1.97. The lowest BCUT2D eigenvalue weighted by Gasteiger charge is -1.96. The van der Waals surface area contributed by atoms with Crippen molar-refractivity contribution < 1.29 is 9.53 Å². The van der Waals surface area contributed by atoms with Gasteiger partial charge in [-0.1, -0.05) is 42.5 Å². The molecule has 2 rings (SSSR count). The first-order chi connectivity index (χ1) is 6.84. The summed E-state index contributed by atoms with van der Waals surface area (Å²) in [6.45, 7) is 0.530. The first-order valence-corrected chi connectivity index (χ1v) is 4.73. The van der Waals surface area contributed by atoms with E-state index in [0.29, 0.717) is 13.0 Å². The van der Waals surface area contributed by atoms with Gasteiger partial charge in [0.25, 0.3) is 0 Å². The van der Waals surface area contributed by atoms with Gasteiger partial charge in [-0.05, 0) is 5.56 Å². The molecule has 72 valence electrons. The highest BCUT2D eigenvalue weighted by Gasteiger charge is 2.20. The van der Waals surface area contributed by atoms with Crippen LogP contribution in [0.1, 0.15) is 12.0 Å². The van der Waals surface area contributed by atoms with Gasteiger partial charge in [0.2, 0.25) is 0 Å². The van der Waals surface area contributed by atoms with E-state index in [4.69, 9.17) is 4.74 Å². The molecule has 0 amide bonds. The molecule has 1 aliphatic heterocycles. The smallest absolute Gasteiger partial charge is 0.306 e. The van der Waals surface area contributed by atoms with Gasteiger partial charge in [-0.2, -0.15) is 0 Å². The fourth-order valence-electron chi connectivity index (χ4n) is 1.47. The molecule has 0 aliphatic carbocycles. The molecule has 1 saturated heterocycles. The second-order valence-corrected chi connectivity index (χ2v) is 3.42. The van der Waals surface area contributed by atoms with Crippen molar-refractivity contribution >= 4 is 12.0 Å². The monoisotopic (exact) mass is 188 g/mol. The maximum absolute atomic E-state index is 10.8. The van der Waals surface area contributed by atoms with Crippen LogP contribution in [0.15, 0.2) is 36.4 Å². The van der Waals surface area contributed by atoms with Crippen LogP contribution in [-0.4, -0.2) is 12.6 Å². The average molecular weight is 188 g/mol. The number of hydrogen-bond acceptors (Lipinski definition) is 2. The molecule has 0 radical (unpaired) electrons. The van der Waals surface area contributed by atoms with Crippen LogP contribution in [0.3, 0.4) is 0 Å². The Hall–Kier alpha value is -1.57. The van der Waals surface area contributed by atoms with Gasteiger partial charge in [-0.15, -0.1) is 0 Å².